The van der Waals surface area contributed by atoms with E-state index in [0.29, 0.717) is 6.61 Å². The molecule has 1 heterocycles. The number of nitrogens with zero attached hydrogens (tertiary/aromatic N) is 1. The van der Waals surface area contributed by atoms with Crippen LogP contribution in [-0.4, -0.2) is 10.5 Å². The Balaban J connectivity index is 1.67. The van der Waals surface area contributed by atoms with Crippen LogP contribution >= 0.6 is 0 Å². The van der Waals surface area contributed by atoms with Crippen molar-refractivity contribution in [2.24, 2.45) is 12.8 Å². The maximum atomic E-state index is 11.9. The predicted molar refractivity (Wildman–Crippen MR) is 116 cm³/mol. The van der Waals surface area contributed by atoms with Crippen molar-refractivity contribution >= 4 is 16.8 Å². The van der Waals surface area contributed by atoms with Gasteiger partial charge in [0.15, 0.2) is 0 Å². The van der Waals surface area contributed by atoms with E-state index >= 15 is 0 Å². The van der Waals surface area contributed by atoms with Gasteiger partial charge in [0.25, 0.3) is 0 Å². The summed E-state index contributed by atoms with van der Waals surface area (Å²) in [5.41, 5.74) is 9.98. The van der Waals surface area contributed by atoms with Crippen molar-refractivity contribution in [3.63, 3.8) is 0 Å². The molecule has 146 valence electrons. The molecule has 0 aliphatic heterocycles. The zero-order valence-electron chi connectivity index (χ0n) is 16.4. The topological polar surface area (TPSA) is 57.2 Å². The molecule has 1 amide bonds. The fraction of sp³-hybridized carbons (Fsp3) is 0.160. The van der Waals surface area contributed by atoms with Crippen molar-refractivity contribution in [2.45, 2.75) is 18.9 Å². The molecule has 0 fully saturated rings. The number of rotatable bonds is 7. The minimum atomic E-state index is -0.321. The molecule has 0 bridgehead atoms. The molecule has 4 rings (SSSR count). The molecule has 4 aromatic rings. The lowest BCUT2D eigenvalue weighted by Crippen LogP contribution is -2.16. The first-order valence-electron chi connectivity index (χ1n) is 9.71. The Labute approximate surface area is 170 Å². The van der Waals surface area contributed by atoms with Gasteiger partial charge in [0.1, 0.15) is 12.4 Å². The molecule has 2 N–H and O–H groups in total. The molecule has 4 nitrogen and oxygen atoms in total. The monoisotopic (exact) mass is 384 g/mol. The maximum absolute atomic E-state index is 11.9. The van der Waals surface area contributed by atoms with Gasteiger partial charge in [-0.3, -0.25) is 4.79 Å². The van der Waals surface area contributed by atoms with Gasteiger partial charge in [-0.2, -0.15) is 0 Å². The number of ether oxygens (including phenoxy) is 1. The summed E-state index contributed by atoms with van der Waals surface area (Å²) in [6.07, 6.45) is 2.34. The van der Waals surface area contributed by atoms with Gasteiger partial charge in [0.05, 0.1) is 0 Å². The number of aryl methyl sites for hydroxylation is 1. The summed E-state index contributed by atoms with van der Waals surface area (Å²) in [4.78, 5) is 11.9. The van der Waals surface area contributed by atoms with E-state index in [4.69, 9.17) is 10.5 Å². The number of hydrogen-bond donors (Lipinski definition) is 1. The Morgan fingerprint density at radius 1 is 1.00 bits per heavy atom. The Morgan fingerprint density at radius 3 is 2.55 bits per heavy atom. The molecule has 3 aromatic carbocycles. The summed E-state index contributed by atoms with van der Waals surface area (Å²) >= 11 is 0. The quantitative estimate of drug-likeness (QED) is 0.499. The van der Waals surface area contributed by atoms with Crippen molar-refractivity contribution in [2.75, 3.05) is 0 Å². The van der Waals surface area contributed by atoms with Crippen LogP contribution in [0.15, 0.2) is 85.1 Å². The summed E-state index contributed by atoms with van der Waals surface area (Å²) in [5.74, 6) is 0.332. The number of para-hydroxylation sites is 1. The SMILES string of the molecule is Cn1cc(C(CC(N)=O)c2cccc(OCc3ccccc3)c2)c2ccccc21. The first kappa shape index (κ1) is 18.8. The van der Waals surface area contributed by atoms with Gasteiger partial charge in [-0.25, -0.2) is 0 Å². The van der Waals surface area contributed by atoms with Crippen LogP contribution in [0.4, 0.5) is 0 Å². The molecule has 0 aliphatic rings. The Kier molecular flexibility index (Phi) is 5.34. The van der Waals surface area contributed by atoms with Crippen LogP contribution in [-0.2, 0) is 18.4 Å². The first-order chi connectivity index (χ1) is 14.1. The third-order valence-corrected chi connectivity index (χ3v) is 5.22. The van der Waals surface area contributed by atoms with Crippen molar-refractivity contribution in [1.29, 1.82) is 0 Å². The van der Waals surface area contributed by atoms with E-state index in [9.17, 15) is 4.79 Å². The van der Waals surface area contributed by atoms with Crippen LogP contribution in [0.5, 0.6) is 5.75 Å². The summed E-state index contributed by atoms with van der Waals surface area (Å²) < 4.78 is 8.09. The van der Waals surface area contributed by atoms with Crippen molar-refractivity contribution in [3.05, 3.63) is 102 Å². The van der Waals surface area contributed by atoms with Gasteiger partial charge in [-0.1, -0.05) is 60.7 Å². The van der Waals surface area contributed by atoms with E-state index in [2.05, 4.69) is 22.9 Å². The van der Waals surface area contributed by atoms with Crippen molar-refractivity contribution in [3.8, 4) is 5.75 Å². The van der Waals surface area contributed by atoms with Gasteiger partial charge < -0.3 is 15.0 Å². The molecule has 4 heteroatoms. The Hall–Kier alpha value is -3.53. The van der Waals surface area contributed by atoms with Gasteiger partial charge in [-0.05, 0) is 34.9 Å². The second-order valence-electron chi connectivity index (χ2n) is 7.28. The van der Waals surface area contributed by atoms with Crippen LogP contribution in [0.2, 0.25) is 0 Å². The predicted octanol–water partition coefficient (Wildman–Crippen LogP) is 4.76. The number of benzene rings is 3. The molecule has 0 spiro atoms. The number of amides is 1. The van der Waals surface area contributed by atoms with Crippen LogP contribution in [0, 0.1) is 0 Å². The smallest absolute Gasteiger partial charge is 0.218 e. The lowest BCUT2D eigenvalue weighted by atomic mass is 9.88. The normalized spacial score (nSPS) is 12.0. The summed E-state index contributed by atoms with van der Waals surface area (Å²) in [6, 6.07) is 26.2. The third-order valence-electron chi connectivity index (χ3n) is 5.22. The lowest BCUT2D eigenvalue weighted by Gasteiger charge is -2.17. The molecule has 0 saturated heterocycles. The maximum Gasteiger partial charge on any atom is 0.218 e. The number of primary amides is 1. The zero-order valence-corrected chi connectivity index (χ0v) is 16.4. The van der Waals surface area contributed by atoms with Crippen LogP contribution < -0.4 is 10.5 Å². The molecule has 29 heavy (non-hydrogen) atoms. The number of aromatic nitrogens is 1. The fourth-order valence-electron chi connectivity index (χ4n) is 3.82. The lowest BCUT2D eigenvalue weighted by molar-refractivity contribution is -0.118. The highest BCUT2D eigenvalue weighted by molar-refractivity contribution is 5.86. The average molecular weight is 384 g/mol. The van der Waals surface area contributed by atoms with Crippen LogP contribution in [0.1, 0.15) is 29.0 Å². The largest absolute Gasteiger partial charge is 0.489 e. The minimum Gasteiger partial charge on any atom is -0.489 e. The summed E-state index contributed by atoms with van der Waals surface area (Å²) in [6.45, 7) is 0.499. The molecule has 1 unspecified atom stereocenters. The second kappa shape index (κ2) is 8.23. The van der Waals surface area contributed by atoms with E-state index in [1.807, 2.05) is 73.8 Å². The third kappa shape index (κ3) is 4.16. The van der Waals surface area contributed by atoms with Gasteiger partial charge in [0.2, 0.25) is 5.91 Å². The highest BCUT2D eigenvalue weighted by atomic mass is 16.5. The Bertz CT molecular complexity index is 1130. The standard InChI is InChI=1S/C25H24N2O2/c1-27-16-23(21-12-5-6-13-24(21)27)22(15-25(26)28)19-10-7-11-20(14-19)29-17-18-8-3-2-4-9-18/h2-14,16,22H,15,17H2,1H3,(H2,26,28). The second-order valence-corrected chi connectivity index (χ2v) is 7.28. The number of nitrogens with two attached hydrogens (primary N) is 1. The van der Waals surface area contributed by atoms with E-state index < -0.39 is 0 Å². The Morgan fingerprint density at radius 2 is 1.76 bits per heavy atom. The number of carbonyl (C=O) groups is 1. The molecular weight excluding hydrogens is 360 g/mol. The van der Waals surface area contributed by atoms with Crippen LogP contribution in [0.3, 0.4) is 0 Å². The van der Waals surface area contributed by atoms with E-state index in [0.717, 1.165) is 33.3 Å². The summed E-state index contributed by atoms with van der Waals surface area (Å²) in [7, 11) is 2.02. The van der Waals surface area contributed by atoms with E-state index in [-0.39, 0.29) is 18.2 Å². The highest BCUT2D eigenvalue weighted by Gasteiger charge is 2.21. The van der Waals surface area contributed by atoms with E-state index in [1.54, 1.807) is 0 Å². The van der Waals surface area contributed by atoms with Gasteiger partial charge in [-0.15, -0.1) is 0 Å². The fourth-order valence-corrected chi connectivity index (χ4v) is 3.82. The molecule has 0 saturated carbocycles. The molecule has 1 atom stereocenters. The molecule has 1 aromatic heterocycles. The first-order valence-corrected chi connectivity index (χ1v) is 9.71. The number of fused-ring (bicyclic) bond motifs is 1. The average Bonchev–Trinajstić information content (AvgIpc) is 3.08. The van der Waals surface area contributed by atoms with Crippen molar-refractivity contribution in [1.82, 2.24) is 4.57 Å². The zero-order chi connectivity index (χ0) is 20.2. The van der Waals surface area contributed by atoms with Crippen molar-refractivity contribution < 1.29 is 9.53 Å². The van der Waals surface area contributed by atoms with E-state index in [1.165, 1.54) is 0 Å². The molecular formula is C25H24N2O2. The molecule has 0 aliphatic carbocycles. The number of hydrogen-bond acceptors (Lipinski definition) is 2. The number of carbonyl (C=O) groups excluding carboxylic acids is 1. The minimum absolute atomic E-state index is 0.126. The van der Waals surface area contributed by atoms with Gasteiger partial charge in [0, 0.05) is 36.5 Å². The van der Waals surface area contributed by atoms with Crippen LogP contribution in [0.25, 0.3) is 10.9 Å². The highest BCUT2D eigenvalue weighted by Crippen LogP contribution is 2.35. The summed E-state index contributed by atoms with van der Waals surface area (Å²) in [5, 5.41) is 1.14. The molecule has 0 radical (unpaired) electrons. The van der Waals surface area contributed by atoms with Gasteiger partial charge >= 0.3 is 0 Å².